The number of aromatic amines is 1. The summed E-state index contributed by atoms with van der Waals surface area (Å²) in [4.78, 5) is 16.8. The van der Waals surface area contributed by atoms with Gasteiger partial charge in [0, 0.05) is 0 Å². The fourth-order valence-corrected chi connectivity index (χ4v) is 0.882. The molecule has 0 aromatic carbocycles. The highest BCUT2D eigenvalue weighted by atomic mass is 15.1. The molecule has 7 heteroatoms. The topological polar surface area (TPSA) is 109 Å². The maximum atomic E-state index is 8.37. The second-order valence-corrected chi connectivity index (χ2v) is 2.12. The standard InChI is InChI=1S/C5H3N7/c6-3-2-4(9-1-8-3)11-5(10-2)12-7/h1,6-7H/p+1. The Morgan fingerprint density at radius 3 is 3.00 bits per heavy atom. The highest BCUT2D eigenvalue weighted by molar-refractivity contribution is 5.82. The fourth-order valence-electron chi connectivity index (χ4n) is 0.882. The third-order valence-electron chi connectivity index (χ3n) is 1.40. The summed E-state index contributed by atoms with van der Waals surface area (Å²) < 4.78 is 0. The van der Waals surface area contributed by atoms with Crippen LogP contribution in [0.15, 0.2) is 6.33 Å². The molecule has 0 aliphatic carbocycles. The van der Waals surface area contributed by atoms with Gasteiger partial charge in [0.15, 0.2) is 5.82 Å². The van der Waals surface area contributed by atoms with Crippen LogP contribution < -0.4 is 5.73 Å². The van der Waals surface area contributed by atoms with Gasteiger partial charge in [-0.1, -0.05) is 0 Å². The maximum Gasteiger partial charge on any atom is 0.528 e. The molecule has 0 aliphatic heterocycles. The molecule has 0 unspecified atom stereocenters. The first kappa shape index (κ1) is 6.48. The predicted octanol–water partition coefficient (Wildman–Crippen LogP) is 0.420. The van der Waals surface area contributed by atoms with E-state index in [-0.39, 0.29) is 11.8 Å². The first-order valence-corrected chi connectivity index (χ1v) is 3.12. The molecular formula is C5H4N7+. The van der Waals surface area contributed by atoms with Crippen molar-refractivity contribution in [2.75, 3.05) is 5.73 Å². The zero-order valence-electron chi connectivity index (χ0n) is 5.89. The molecule has 3 N–H and O–H groups in total. The van der Waals surface area contributed by atoms with Crippen molar-refractivity contribution in [1.29, 1.82) is 5.39 Å². The average molecular weight is 162 g/mol. The summed E-state index contributed by atoms with van der Waals surface area (Å²) in [5, 5.41) is 8.37. The van der Waals surface area contributed by atoms with Crippen LogP contribution in [0.3, 0.4) is 0 Å². The fraction of sp³-hybridized carbons (Fsp3) is 0. The SMILES string of the molecule is N#[N+]c1nc2ncnc(N)c2[nH]1. The van der Waals surface area contributed by atoms with Crippen molar-refractivity contribution in [3.63, 3.8) is 0 Å². The van der Waals surface area contributed by atoms with Crippen molar-refractivity contribution in [1.82, 2.24) is 19.9 Å². The third kappa shape index (κ3) is 0.751. The van der Waals surface area contributed by atoms with Crippen molar-refractivity contribution in [2.24, 2.45) is 0 Å². The van der Waals surface area contributed by atoms with E-state index in [1.807, 2.05) is 0 Å². The summed E-state index contributed by atoms with van der Waals surface area (Å²) in [6, 6.07) is 0. The second-order valence-electron chi connectivity index (χ2n) is 2.12. The van der Waals surface area contributed by atoms with Crippen molar-refractivity contribution in [3.05, 3.63) is 11.3 Å². The Kier molecular flexibility index (Phi) is 1.15. The second kappa shape index (κ2) is 2.13. The minimum atomic E-state index is 0.0669. The number of aromatic nitrogens is 4. The Morgan fingerprint density at radius 1 is 1.50 bits per heavy atom. The number of hydrogen-bond donors (Lipinski definition) is 2. The monoisotopic (exact) mass is 162 g/mol. The molecule has 0 bridgehead atoms. The van der Waals surface area contributed by atoms with Gasteiger partial charge < -0.3 is 5.73 Å². The Morgan fingerprint density at radius 2 is 2.33 bits per heavy atom. The lowest BCUT2D eigenvalue weighted by Gasteiger charge is -1.85. The van der Waals surface area contributed by atoms with Crippen molar-refractivity contribution >= 4 is 22.9 Å². The third-order valence-corrected chi connectivity index (χ3v) is 1.40. The number of fused-ring (bicyclic) bond motifs is 1. The van der Waals surface area contributed by atoms with Crippen LogP contribution in [0.1, 0.15) is 0 Å². The van der Waals surface area contributed by atoms with Gasteiger partial charge in [0.25, 0.3) is 5.65 Å². The molecule has 0 aliphatic rings. The summed E-state index contributed by atoms with van der Waals surface area (Å²) in [6.45, 7) is 0. The molecule has 0 fully saturated rings. The summed E-state index contributed by atoms with van der Waals surface area (Å²) in [5.41, 5.74) is 6.34. The molecule has 58 valence electrons. The Bertz CT molecular complexity index is 464. The first-order chi connectivity index (χ1) is 5.81. The predicted molar refractivity (Wildman–Crippen MR) is 40.8 cm³/mol. The smallest absolute Gasteiger partial charge is 0.381 e. The highest BCUT2D eigenvalue weighted by Gasteiger charge is 2.16. The molecule has 2 aromatic rings. The van der Waals surface area contributed by atoms with E-state index >= 15 is 0 Å². The van der Waals surface area contributed by atoms with Gasteiger partial charge in [-0.15, -0.1) is 0 Å². The normalized spacial score (nSPS) is 9.92. The van der Waals surface area contributed by atoms with Gasteiger partial charge in [0.1, 0.15) is 6.33 Å². The number of H-pyrrole nitrogens is 1. The zero-order chi connectivity index (χ0) is 8.55. The van der Waals surface area contributed by atoms with Crippen molar-refractivity contribution in [3.8, 4) is 0 Å². The van der Waals surface area contributed by atoms with Crippen LogP contribution >= 0.6 is 0 Å². The number of nitrogens with two attached hydrogens (primary N) is 1. The number of rotatable bonds is 0. The van der Waals surface area contributed by atoms with Gasteiger partial charge in [0.05, 0.1) is 5.39 Å². The lowest BCUT2D eigenvalue weighted by molar-refractivity contribution is 1.21. The van der Waals surface area contributed by atoms with Crippen LogP contribution in [0.5, 0.6) is 0 Å². The van der Waals surface area contributed by atoms with Crippen LogP contribution in [-0.4, -0.2) is 19.9 Å². The summed E-state index contributed by atoms with van der Waals surface area (Å²) >= 11 is 0. The van der Waals surface area contributed by atoms with Gasteiger partial charge in [-0.25, -0.2) is 9.97 Å². The Balaban J connectivity index is 2.85. The van der Waals surface area contributed by atoms with Crippen LogP contribution in [0.25, 0.3) is 16.1 Å². The van der Waals surface area contributed by atoms with E-state index in [1.54, 1.807) is 0 Å². The number of hydrogen-bond acceptors (Lipinski definition) is 5. The molecule has 0 radical (unpaired) electrons. The van der Waals surface area contributed by atoms with Gasteiger partial charge in [0.2, 0.25) is 5.52 Å². The van der Waals surface area contributed by atoms with Crippen molar-refractivity contribution < 1.29 is 0 Å². The lowest BCUT2D eigenvalue weighted by Crippen LogP contribution is -1.91. The number of nitrogens with one attached hydrogen (secondary N) is 1. The molecule has 2 rings (SSSR count). The molecule has 2 aromatic heterocycles. The van der Waals surface area contributed by atoms with E-state index < -0.39 is 0 Å². The van der Waals surface area contributed by atoms with Gasteiger partial charge >= 0.3 is 5.95 Å². The summed E-state index contributed by atoms with van der Waals surface area (Å²) in [6.07, 6.45) is 1.29. The van der Waals surface area contributed by atoms with Gasteiger partial charge in [-0.2, -0.15) is 4.98 Å². The van der Waals surface area contributed by atoms with Crippen LogP contribution in [0.4, 0.5) is 11.8 Å². The van der Waals surface area contributed by atoms with Gasteiger partial charge in [-0.3, -0.25) is 0 Å². The maximum absolute atomic E-state index is 8.37. The largest absolute Gasteiger partial charge is 0.528 e. The number of diazo groups is 1. The molecule has 0 spiro atoms. The molecule has 7 nitrogen and oxygen atoms in total. The van der Waals surface area contributed by atoms with Crippen LogP contribution in [0.2, 0.25) is 0 Å². The molecule has 0 saturated heterocycles. The summed E-state index contributed by atoms with van der Waals surface area (Å²) in [7, 11) is 0. The first-order valence-electron chi connectivity index (χ1n) is 3.12. The van der Waals surface area contributed by atoms with E-state index in [2.05, 4.69) is 24.9 Å². The zero-order valence-corrected chi connectivity index (χ0v) is 5.89. The Hall–Kier alpha value is -2.23. The van der Waals surface area contributed by atoms with Crippen LogP contribution in [0, 0.1) is 5.39 Å². The minimum absolute atomic E-state index is 0.0669. The highest BCUT2D eigenvalue weighted by Crippen LogP contribution is 2.16. The van der Waals surface area contributed by atoms with Gasteiger partial charge in [-0.05, 0) is 9.96 Å². The van der Waals surface area contributed by atoms with E-state index in [0.717, 1.165) is 0 Å². The molecular weight excluding hydrogens is 158 g/mol. The molecule has 12 heavy (non-hydrogen) atoms. The lowest BCUT2D eigenvalue weighted by atomic mass is 10.5. The quantitative estimate of drug-likeness (QED) is 0.545. The molecule has 0 atom stereocenters. The average Bonchev–Trinajstić information content (AvgIpc) is 2.49. The van der Waals surface area contributed by atoms with E-state index in [4.69, 9.17) is 11.1 Å². The summed E-state index contributed by atoms with van der Waals surface area (Å²) in [5.74, 6) is 0.347. The number of imidazole rings is 1. The van der Waals surface area contributed by atoms with Crippen LogP contribution in [-0.2, 0) is 0 Å². The molecule has 2 heterocycles. The van der Waals surface area contributed by atoms with E-state index in [9.17, 15) is 0 Å². The van der Waals surface area contributed by atoms with E-state index in [1.165, 1.54) is 6.33 Å². The minimum Gasteiger partial charge on any atom is -0.381 e. The Labute approximate surface area is 66.3 Å². The van der Waals surface area contributed by atoms with E-state index in [0.29, 0.717) is 11.2 Å². The number of nitrogens with zero attached hydrogens (tertiary/aromatic N) is 5. The molecule has 0 saturated carbocycles. The number of anilines is 1. The number of nitrogen functional groups attached to an aromatic ring is 1. The van der Waals surface area contributed by atoms with Crippen molar-refractivity contribution in [2.45, 2.75) is 0 Å². The molecule has 0 amide bonds.